The van der Waals surface area contributed by atoms with Crippen LogP contribution in [0.15, 0.2) is 24.3 Å². The van der Waals surface area contributed by atoms with E-state index >= 15 is 0 Å². The summed E-state index contributed by atoms with van der Waals surface area (Å²) in [6, 6.07) is 7.94. The first kappa shape index (κ1) is 19.2. The van der Waals surface area contributed by atoms with E-state index in [-0.39, 0.29) is 30.4 Å². The first-order chi connectivity index (χ1) is 11.7. The van der Waals surface area contributed by atoms with Crippen LogP contribution in [0.4, 0.5) is 11.4 Å². The highest BCUT2D eigenvalue weighted by Gasteiger charge is 2.16. The second-order valence-corrected chi connectivity index (χ2v) is 7.76. The van der Waals surface area contributed by atoms with Gasteiger partial charge in [0.15, 0.2) is 0 Å². The summed E-state index contributed by atoms with van der Waals surface area (Å²) in [5, 5.41) is 5.77. The third kappa shape index (κ3) is 6.74. The molecule has 0 aromatic heterocycles. The van der Waals surface area contributed by atoms with Gasteiger partial charge in [0.1, 0.15) is 0 Å². The standard InChI is InChI=1S/C19H30N4O2/c1-19(2,3)21-18(25)14-22(4)13-17(24)20-15-7-9-16(10-8-15)23-11-5-6-12-23/h7-10H,5-6,11-14H2,1-4H3,(H,20,24)(H,21,25). The zero-order chi connectivity index (χ0) is 18.4. The van der Waals surface area contributed by atoms with Crippen molar-refractivity contribution in [3.63, 3.8) is 0 Å². The quantitative estimate of drug-likeness (QED) is 0.828. The van der Waals surface area contributed by atoms with Gasteiger partial charge in [0, 0.05) is 30.0 Å². The van der Waals surface area contributed by atoms with Crippen LogP contribution in [-0.2, 0) is 9.59 Å². The predicted molar refractivity (Wildman–Crippen MR) is 102 cm³/mol. The fraction of sp³-hybridized carbons (Fsp3) is 0.579. The first-order valence-corrected chi connectivity index (χ1v) is 8.87. The molecule has 1 aromatic rings. The normalized spacial score (nSPS) is 14.7. The number of carbonyl (C=O) groups is 2. The molecule has 0 spiro atoms. The van der Waals surface area contributed by atoms with Gasteiger partial charge in [-0.1, -0.05) is 0 Å². The summed E-state index contributed by atoms with van der Waals surface area (Å²) in [6.07, 6.45) is 2.49. The lowest BCUT2D eigenvalue weighted by molar-refractivity contribution is -0.124. The number of carbonyl (C=O) groups excluding carboxylic acids is 2. The largest absolute Gasteiger partial charge is 0.372 e. The zero-order valence-corrected chi connectivity index (χ0v) is 15.8. The molecule has 2 N–H and O–H groups in total. The van der Waals surface area contributed by atoms with E-state index in [1.165, 1.54) is 18.5 Å². The molecule has 1 fully saturated rings. The topological polar surface area (TPSA) is 64.7 Å². The Kier molecular flexibility index (Phi) is 6.42. The van der Waals surface area contributed by atoms with Crippen molar-refractivity contribution < 1.29 is 9.59 Å². The molecule has 2 amide bonds. The average Bonchev–Trinajstić information content (AvgIpc) is 2.99. The van der Waals surface area contributed by atoms with Gasteiger partial charge in [-0.15, -0.1) is 0 Å². The van der Waals surface area contributed by atoms with E-state index in [0.717, 1.165) is 18.8 Å². The Balaban J connectivity index is 1.78. The number of rotatable bonds is 6. The molecule has 0 unspecified atom stereocenters. The van der Waals surface area contributed by atoms with Gasteiger partial charge in [-0.05, 0) is 64.9 Å². The van der Waals surface area contributed by atoms with Gasteiger partial charge in [0.05, 0.1) is 13.1 Å². The van der Waals surface area contributed by atoms with Crippen LogP contribution in [0, 0.1) is 0 Å². The number of nitrogens with zero attached hydrogens (tertiary/aromatic N) is 2. The van der Waals surface area contributed by atoms with Gasteiger partial charge >= 0.3 is 0 Å². The van der Waals surface area contributed by atoms with Crippen molar-refractivity contribution in [2.45, 2.75) is 39.2 Å². The summed E-state index contributed by atoms with van der Waals surface area (Å²) in [7, 11) is 1.76. The Morgan fingerprint density at radius 1 is 1.04 bits per heavy atom. The van der Waals surface area contributed by atoms with E-state index in [4.69, 9.17) is 0 Å². The molecule has 1 aliphatic heterocycles. The molecule has 0 radical (unpaired) electrons. The number of benzene rings is 1. The Labute approximate surface area is 150 Å². The van der Waals surface area contributed by atoms with Gasteiger partial charge in [-0.2, -0.15) is 0 Å². The second-order valence-electron chi connectivity index (χ2n) is 7.76. The number of hydrogen-bond donors (Lipinski definition) is 2. The van der Waals surface area contributed by atoms with E-state index in [2.05, 4.69) is 15.5 Å². The van der Waals surface area contributed by atoms with Crippen LogP contribution < -0.4 is 15.5 Å². The smallest absolute Gasteiger partial charge is 0.238 e. The molecule has 1 aromatic carbocycles. The van der Waals surface area contributed by atoms with E-state index in [0.29, 0.717) is 0 Å². The van der Waals surface area contributed by atoms with Crippen LogP contribution in [0.3, 0.4) is 0 Å². The van der Waals surface area contributed by atoms with Crippen LogP contribution in [0.25, 0.3) is 0 Å². The summed E-state index contributed by atoms with van der Waals surface area (Å²) in [4.78, 5) is 28.1. The lowest BCUT2D eigenvalue weighted by Crippen LogP contribution is -2.46. The number of likely N-dealkylation sites (N-methyl/N-ethyl adjacent to an activating group) is 1. The SMILES string of the molecule is CN(CC(=O)Nc1ccc(N2CCCC2)cc1)CC(=O)NC(C)(C)C. The molecule has 0 atom stereocenters. The number of nitrogens with one attached hydrogen (secondary N) is 2. The van der Waals surface area contributed by atoms with Gasteiger partial charge < -0.3 is 15.5 Å². The molecule has 0 bridgehead atoms. The molecule has 6 nitrogen and oxygen atoms in total. The zero-order valence-electron chi connectivity index (χ0n) is 15.8. The Morgan fingerprint density at radius 2 is 1.60 bits per heavy atom. The van der Waals surface area contributed by atoms with Crippen LogP contribution in [0.1, 0.15) is 33.6 Å². The minimum Gasteiger partial charge on any atom is -0.372 e. The van der Waals surface area contributed by atoms with Crippen molar-refractivity contribution in [2.24, 2.45) is 0 Å². The molecule has 1 aliphatic rings. The van der Waals surface area contributed by atoms with Crippen molar-refractivity contribution in [1.29, 1.82) is 0 Å². The fourth-order valence-corrected chi connectivity index (χ4v) is 2.94. The third-order valence-corrected chi connectivity index (χ3v) is 3.96. The van der Waals surface area contributed by atoms with Crippen molar-refractivity contribution >= 4 is 23.2 Å². The summed E-state index contributed by atoms with van der Waals surface area (Å²) in [6.45, 7) is 8.38. The summed E-state index contributed by atoms with van der Waals surface area (Å²) in [5.41, 5.74) is 1.71. The van der Waals surface area contributed by atoms with Crippen molar-refractivity contribution in [3.05, 3.63) is 24.3 Å². The maximum atomic E-state index is 12.1. The van der Waals surface area contributed by atoms with Crippen molar-refractivity contribution in [2.75, 3.05) is 43.4 Å². The van der Waals surface area contributed by atoms with E-state index in [1.54, 1.807) is 11.9 Å². The highest BCUT2D eigenvalue weighted by Crippen LogP contribution is 2.21. The molecule has 6 heteroatoms. The van der Waals surface area contributed by atoms with E-state index in [9.17, 15) is 9.59 Å². The van der Waals surface area contributed by atoms with Crippen LogP contribution in [-0.4, -0.2) is 55.5 Å². The minimum absolute atomic E-state index is 0.0854. The minimum atomic E-state index is -0.267. The van der Waals surface area contributed by atoms with Crippen LogP contribution in [0.5, 0.6) is 0 Å². The average molecular weight is 346 g/mol. The molecule has 138 valence electrons. The second kappa shape index (κ2) is 8.34. The number of hydrogen-bond acceptors (Lipinski definition) is 4. The maximum Gasteiger partial charge on any atom is 0.238 e. The first-order valence-electron chi connectivity index (χ1n) is 8.87. The summed E-state index contributed by atoms with van der Waals surface area (Å²) >= 11 is 0. The molecule has 0 aliphatic carbocycles. The van der Waals surface area contributed by atoms with E-state index < -0.39 is 0 Å². The monoisotopic (exact) mass is 346 g/mol. The van der Waals surface area contributed by atoms with Gasteiger partial charge in [-0.25, -0.2) is 0 Å². The predicted octanol–water partition coefficient (Wildman–Crippen LogP) is 2.07. The Hall–Kier alpha value is -2.08. The maximum absolute atomic E-state index is 12.1. The number of amides is 2. The molecule has 1 saturated heterocycles. The highest BCUT2D eigenvalue weighted by atomic mass is 16.2. The lowest BCUT2D eigenvalue weighted by atomic mass is 10.1. The number of anilines is 2. The molecular formula is C19H30N4O2. The molecule has 2 rings (SSSR count). The van der Waals surface area contributed by atoms with Crippen LogP contribution in [0.2, 0.25) is 0 Å². The van der Waals surface area contributed by atoms with Crippen molar-refractivity contribution in [1.82, 2.24) is 10.2 Å². The van der Waals surface area contributed by atoms with Crippen molar-refractivity contribution in [3.8, 4) is 0 Å². The molecular weight excluding hydrogens is 316 g/mol. The Morgan fingerprint density at radius 3 is 2.16 bits per heavy atom. The van der Waals surface area contributed by atoms with Crippen LogP contribution >= 0.6 is 0 Å². The van der Waals surface area contributed by atoms with Gasteiger partial charge in [0.25, 0.3) is 0 Å². The molecule has 1 heterocycles. The third-order valence-electron chi connectivity index (χ3n) is 3.96. The summed E-state index contributed by atoms with van der Waals surface area (Å²) < 4.78 is 0. The molecule has 25 heavy (non-hydrogen) atoms. The summed E-state index contributed by atoms with van der Waals surface area (Å²) in [5.74, 6) is -0.210. The Bertz CT molecular complexity index is 586. The fourth-order valence-electron chi connectivity index (χ4n) is 2.94. The van der Waals surface area contributed by atoms with Gasteiger partial charge in [0.2, 0.25) is 11.8 Å². The van der Waals surface area contributed by atoms with E-state index in [1.807, 2.05) is 45.0 Å². The molecule has 0 saturated carbocycles. The highest BCUT2D eigenvalue weighted by molar-refractivity contribution is 5.92. The lowest BCUT2D eigenvalue weighted by Gasteiger charge is -2.23. The van der Waals surface area contributed by atoms with Gasteiger partial charge in [-0.3, -0.25) is 14.5 Å².